The lowest BCUT2D eigenvalue weighted by molar-refractivity contribution is -0.144. The fourth-order valence-electron chi connectivity index (χ4n) is 2.06. The van der Waals surface area contributed by atoms with Crippen molar-refractivity contribution in [3.8, 4) is 11.5 Å². The molecule has 112 valence electrons. The number of hydrogen-bond acceptors (Lipinski definition) is 3. The van der Waals surface area contributed by atoms with E-state index in [4.69, 9.17) is 4.74 Å². The van der Waals surface area contributed by atoms with Crippen molar-refractivity contribution in [1.29, 1.82) is 0 Å². The zero-order valence-electron chi connectivity index (χ0n) is 13.4. The van der Waals surface area contributed by atoms with Crippen molar-refractivity contribution in [2.45, 2.75) is 48.0 Å². The smallest absolute Gasteiger partial charge is 0.314 e. The van der Waals surface area contributed by atoms with Crippen LogP contribution in [0.25, 0.3) is 0 Å². The van der Waals surface area contributed by atoms with Gasteiger partial charge in [0.1, 0.15) is 11.5 Å². The summed E-state index contributed by atoms with van der Waals surface area (Å²) in [6.45, 7) is 12.5. The molecule has 0 aliphatic rings. The largest absolute Gasteiger partial charge is 0.508 e. The van der Waals surface area contributed by atoms with Gasteiger partial charge in [0.15, 0.2) is 0 Å². The van der Waals surface area contributed by atoms with Gasteiger partial charge in [-0.25, -0.2) is 0 Å². The number of aromatic hydroxyl groups is 1. The van der Waals surface area contributed by atoms with Gasteiger partial charge in [0, 0.05) is 0 Å². The molecule has 1 aromatic rings. The van der Waals surface area contributed by atoms with Crippen molar-refractivity contribution in [1.82, 2.24) is 0 Å². The van der Waals surface area contributed by atoms with E-state index in [1.807, 2.05) is 0 Å². The molecule has 0 amide bonds. The summed E-state index contributed by atoms with van der Waals surface area (Å²) in [6, 6.07) is 6.23. The molecule has 1 N–H and O–H groups in total. The second-order valence-corrected chi connectivity index (χ2v) is 7.60. The Morgan fingerprint density at radius 3 is 2.00 bits per heavy atom. The molecule has 0 saturated heterocycles. The topological polar surface area (TPSA) is 46.5 Å². The molecule has 20 heavy (non-hydrogen) atoms. The highest BCUT2D eigenvalue weighted by molar-refractivity contribution is 5.76. The molecule has 0 heterocycles. The second-order valence-electron chi connectivity index (χ2n) is 7.60. The van der Waals surface area contributed by atoms with Gasteiger partial charge in [0.05, 0.1) is 5.92 Å². The minimum absolute atomic E-state index is 0.0614. The summed E-state index contributed by atoms with van der Waals surface area (Å²) in [5, 5.41) is 9.24. The van der Waals surface area contributed by atoms with Crippen LogP contribution in [0.5, 0.6) is 11.5 Å². The molecule has 1 rings (SSSR count). The van der Waals surface area contributed by atoms with E-state index in [1.165, 1.54) is 12.1 Å². The third-order valence-electron chi connectivity index (χ3n) is 3.20. The van der Waals surface area contributed by atoms with Gasteiger partial charge >= 0.3 is 5.97 Å². The molecule has 0 fully saturated rings. The molecular formula is C17H26O3. The summed E-state index contributed by atoms with van der Waals surface area (Å²) in [5.41, 5.74) is -0.0901. The number of esters is 1. The Kier molecular flexibility index (Phi) is 4.85. The number of carbonyl (C=O) groups is 1. The van der Waals surface area contributed by atoms with Crippen LogP contribution in [0.2, 0.25) is 0 Å². The molecule has 3 nitrogen and oxygen atoms in total. The highest BCUT2D eigenvalue weighted by atomic mass is 16.5. The molecule has 0 aliphatic heterocycles. The SMILES string of the molecule is CC(C)(C)CC(C(=O)Oc1ccc(O)cc1)C(C)(C)C. The molecule has 0 bridgehead atoms. The Morgan fingerprint density at radius 1 is 1.10 bits per heavy atom. The Morgan fingerprint density at radius 2 is 1.60 bits per heavy atom. The average Bonchev–Trinajstić information content (AvgIpc) is 2.26. The predicted molar refractivity (Wildman–Crippen MR) is 80.8 cm³/mol. The molecule has 1 aromatic carbocycles. The van der Waals surface area contributed by atoms with E-state index in [9.17, 15) is 9.90 Å². The van der Waals surface area contributed by atoms with Crippen molar-refractivity contribution >= 4 is 5.97 Å². The maximum Gasteiger partial charge on any atom is 0.314 e. The normalized spacial score (nSPS) is 13.9. The minimum Gasteiger partial charge on any atom is -0.508 e. The maximum absolute atomic E-state index is 12.4. The van der Waals surface area contributed by atoms with Gasteiger partial charge in [0.2, 0.25) is 0 Å². The first kappa shape index (κ1) is 16.5. The van der Waals surface area contributed by atoms with Crippen molar-refractivity contribution in [3.63, 3.8) is 0 Å². The number of rotatable bonds is 3. The molecule has 0 aliphatic carbocycles. The zero-order chi connectivity index (χ0) is 15.6. The van der Waals surface area contributed by atoms with Gasteiger partial charge in [0.25, 0.3) is 0 Å². The monoisotopic (exact) mass is 278 g/mol. The van der Waals surface area contributed by atoms with Gasteiger partial charge in [-0.1, -0.05) is 41.5 Å². The van der Waals surface area contributed by atoms with E-state index in [0.29, 0.717) is 5.75 Å². The van der Waals surface area contributed by atoms with Crippen molar-refractivity contribution in [2.75, 3.05) is 0 Å². The van der Waals surface area contributed by atoms with Gasteiger partial charge in [-0.2, -0.15) is 0 Å². The third kappa shape index (κ3) is 5.24. The van der Waals surface area contributed by atoms with E-state index in [-0.39, 0.29) is 28.5 Å². The van der Waals surface area contributed by atoms with Crippen LogP contribution in [0.1, 0.15) is 48.0 Å². The maximum atomic E-state index is 12.4. The van der Waals surface area contributed by atoms with Crippen LogP contribution in [0.3, 0.4) is 0 Å². The number of carbonyl (C=O) groups excluding carboxylic acids is 1. The molecule has 0 saturated carbocycles. The first-order valence-electron chi connectivity index (χ1n) is 7.00. The van der Waals surface area contributed by atoms with E-state index >= 15 is 0 Å². The van der Waals surface area contributed by atoms with Crippen molar-refractivity contribution in [3.05, 3.63) is 24.3 Å². The molecule has 1 unspecified atom stereocenters. The van der Waals surface area contributed by atoms with E-state index in [0.717, 1.165) is 6.42 Å². The lowest BCUT2D eigenvalue weighted by atomic mass is 9.72. The van der Waals surface area contributed by atoms with E-state index < -0.39 is 0 Å². The van der Waals surface area contributed by atoms with Crippen LogP contribution in [-0.4, -0.2) is 11.1 Å². The second kappa shape index (κ2) is 5.86. The fraction of sp³-hybridized carbons (Fsp3) is 0.588. The number of hydrogen-bond donors (Lipinski definition) is 1. The molecule has 0 aromatic heterocycles. The quantitative estimate of drug-likeness (QED) is 0.658. The third-order valence-corrected chi connectivity index (χ3v) is 3.20. The molecule has 1 atom stereocenters. The Balaban J connectivity index is 2.86. The highest BCUT2D eigenvalue weighted by Crippen LogP contribution is 2.37. The van der Waals surface area contributed by atoms with Crippen LogP contribution < -0.4 is 4.74 Å². The Hall–Kier alpha value is -1.51. The number of phenols is 1. The van der Waals surface area contributed by atoms with Crippen LogP contribution in [0.15, 0.2) is 24.3 Å². The standard InChI is InChI=1S/C17H26O3/c1-16(2,3)11-14(17(4,5)6)15(19)20-13-9-7-12(18)8-10-13/h7-10,14,18H,11H2,1-6H3. The lowest BCUT2D eigenvalue weighted by Gasteiger charge is -2.33. The van der Waals surface area contributed by atoms with Crippen LogP contribution in [0, 0.1) is 16.7 Å². The summed E-state index contributed by atoms with van der Waals surface area (Å²) in [7, 11) is 0. The minimum atomic E-state index is -0.210. The molecular weight excluding hydrogens is 252 g/mol. The Bertz CT molecular complexity index is 447. The lowest BCUT2D eigenvalue weighted by Crippen LogP contribution is -2.35. The Labute approximate surface area is 122 Å². The van der Waals surface area contributed by atoms with Gasteiger partial charge in [-0.3, -0.25) is 4.79 Å². The molecule has 0 spiro atoms. The number of phenolic OH excluding ortho intramolecular Hbond substituents is 1. The molecule has 0 radical (unpaired) electrons. The van der Waals surface area contributed by atoms with Gasteiger partial charge in [-0.15, -0.1) is 0 Å². The van der Waals surface area contributed by atoms with Crippen molar-refractivity contribution < 1.29 is 14.6 Å². The number of benzene rings is 1. The van der Waals surface area contributed by atoms with Crippen LogP contribution in [0.4, 0.5) is 0 Å². The first-order valence-corrected chi connectivity index (χ1v) is 7.00. The summed E-state index contributed by atoms with van der Waals surface area (Å²) in [6.07, 6.45) is 0.771. The van der Waals surface area contributed by atoms with Gasteiger partial charge in [-0.05, 0) is 41.5 Å². The van der Waals surface area contributed by atoms with Gasteiger partial charge < -0.3 is 9.84 Å². The van der Waals surface area contributed by atoms with Crippen LogP contribution >= 0.6 is 0 Å². The zero-order valence-corrected chi connectivity index (χ0v) is 13.4. The summed E-state index contributed by atoms with van der Waals surface area (Å²) in [5.74, 6) is 0.247. The van der Waals surface area contributed by atoms with E-state index in [2.05, 4.69) is 41.5 Å². The van der Waals surface area contributed by atoms with Crippen LogP contribution in [-0.2, 0) is 4.79 Å². The average molecular weight is 278 g/mol. The van der Waals surface area contributed by atoms with E-state index in [1.54, 1.807) is 12.1 Å². The first-order chi connectivity index (χ1) is 8.99. The summed E-state index contributed by atoms with van der Waals surface area (Å²) < 4.78 is 5.45. The number of ether oxygens (including phenoxy) is 1. The molecule has 3 heteroatoms. The summed E-state index contributed by atoms with van der Waals surface area (Å²) >= 11 is 0. The predicted octanol–water partition coefficient (Wildman–Crippen LogP) is 4.40. The fourth-order valence-corrected chi connectivity index (χ4v) is 2.06. The highest BCUT2D eigenvalue weighted by Gasteiger charge is 2.36. The van der Waals surface area contributed by atoms with Crippen molar-refractivity contribution in [2.24, 2.45) is 16.7 Å². The summed E-state index contributed by atoms with van der Waals surface area (Å²) in [4.78, 5) is 12.4.